The molecule has 2 fully saturated rings. The fraction of sp³-hybridized carbons (Fsp3) is 0.111. The number of amides is 2. The molecule has 0 N–H and O–H groups in total. The van der Waals surface area contributed by atoms with Gasteiger partial charge in [-0.05, 0) is 48.5 Å². The van der Waals surface area contributed by atoms with Crippen molar-refractivity contribution in [3.8, 4) is 11.3 Å². The number of carbonyl (C=O) groups excluding carboxylic acids is 2. The van der Waals surface area contributed by atoms with Gasteiger partial charge in [0.2, 0.25) is 5.91 Å². The SMILES string of the molecule is O=C1[C@@H]2[C@@H](ON(c3ccccc3)[C@H]2c2ccc(-c3ccc(Br)cc3)o2)C(=O)N1c1ccccc1. The molecule has 6 rings (SSSR count). The van der Waals surface area contributed by atoms with Crippen LogP contribution in [-0.2, 0) is 14.4 Å². The summed E-state index contributed by atoms with van der Waals surface area (Å²) in [6.45, 7) is 0. The Morgan fingerprint density at radius 2 is 1.35 bits per heavy atom. The third kappa shape index (κ3) is 3.36. The molecular weight excluding hydrogens is 496 g/mol. The third-order valence-electron chi connectivity index (χ3n) is 6.19. The Morgan fingerprint density at radius 3 is 2.03 bits per heavy atom. The van der Waals surface area contributed by atoms with E-state index >= 15 is 0 Å². The summed E-state index contributed by atoms with van der Waals surface area (Å²) in [4.78, 5) is 34.3. The lowest BCUT2D eigenvalue weighted by atomic mass is 9.94. The Kier molecular flexibility index (Phi) is 5.08. The molecule has 6 nitrogen and oxygen atoms in total. The van der Waals surface area contributed by atoms with Gasteiger partial charge in [0.1, 0.15) is 23.5 Å². The maximum atomic E-state index is 13.6. The lowest BCUT2D eigenvalue weighted by Crippen LogP contribution is -2.37. The van der Waals surface area contributed by atoms with Gasteiger partial charge in [0, 0.05) is 10.0 Å². The van der Waals surface area contributed by atoms with E-state index in [0.717, 1.165) is 15.7 Å². The van der Waals surface area contributed by atoms with Gasteiger partial charge in [0.25, 0.3) is 5.91 Å². The molecular formula is C27H19BrN2O4. The van der Waals surface area contributed by atoms with Crippen molar-refractivity contribution in [1.29, 1.82) is 0 Å². The summed E-state index contributed by atoms with van der Waals surface area (Å²) in [5.41, 5.74) is 2.20. The molecule has 7 heteroatoms. The molecule has 2 aliphatic rings. The quantitative estimate of drug-likeness (QED) is 0.324. The van der Waals surface area contributed by atoms with E-state index in [-0.39, 0.29) is 11.8 Å². The van der Waals surface area contributed by atoms with Crippen LogP contribution in [0.1, 0.15) is 11.8 Å². The average molecular weight is 515 g/mol. The number of hydrogen-bond donors (Lipinski definition) is 0. The molecule has 2 aliphatic heterocycles. The molecule has 0 bridgehead atoms. The van der Waals surface area contributed by atoms with Crippen molar-refractivity contribution in [2.75, 3.05) is 9.96 Å². The Labute approximate surface area is 204 Å². The maximum Gasteiger partial charge on any atom is 0.266 e. The monoisotopic (exact) mass is 514 g/mol. The fourth-order valence-electron chi connectivity index (χ4n) is 4.61. The predicted molar refractivity (Wildman–Crippen MR) is 131 cm³/mol. The number of anilines is 2. The number of benzene rings is 3. The van der Waals surface area contributed by atoms with Crippen LogP contribution in [0.4, 0.5) is 11.4 Å². The highest BCUT2D eigenvalue weighted by atomic mass is 79.9. The van der Waals surface area contributed by atoms with E-state index in [1.54, 1.807) is 29.3 Å². The fourth-order valence-corrected chi connectivity index (χ4v) is 4.88. The number of para-hydroxylation sites is 2. The summed E-state index contributed by atoms with van der Waals surface area (Å²) in [5, 5.41) is 1.64. The first kappa shape index (κ1) is 20.9. The van der Waals surface area contributed by atoms with Crippen molar-refractivity contribution >= 4 is 39.1 Å². The van der Waals surface area contributed by atoms with Crippen LogP contribution in [0, 0.1) is 5.92 Å². The number of carbonyl (C=O) groups is 2. The molecule has 0 unspecified atom stereocenters. The van der Waals surface area contributed by atoms with Gasteiger partial charge in [-0.15, -0.1) is 0 Å². The molecule has 168 valence electrons. The maximum absolute atomic E-state index is 13.6. The van der Waals surface area contributed by atoms with Crippen molar-refractivity contribution in [1.82, 2.24) is 0 Å². The summed E-state index contributed by atoms with van der Waals surface area (Å²) in [6.07, 6.45) is -0.931. The minimum absolute atomic E-state index is 0.300. The molecule has 3 heterocycles. The average Bonchev–Trinajstić information content (AvgIpc) is 3.56. The van der Waals surface area contributed by atoms with Gasteiger partial charge < -0.3 is 4.42 Å². The smallest absolute Gasteiger partial charge is 0.266 e. The normalized spacial score (nSPS) is 21.9. The molecule has 2 amide bonds. The van der Waals surface area contributed by atoms with Gasteiger partial charge in [-0.2, -0.15) is 0 Å². The molecule has 4 aromatic rings. The molecule has 2 saturated heterocycles. The second-order valence-corrected chi connectivity index (χ2v) is 9.13. The highest BCUT2D eigenvalue weighted by molar-refractivity contribution is 9.10. The second-order valence-electron chi connectivity index (χ2n) is 8.21. The lowest BCUT2D eigenvalue weighted by Gasteiger charge is -2.27. The molecule has 0 saturated carbocycles. The predicted octanol–water partition coefficient (Wildman–Crippen LogP) is 5.76. The zero-order chi connectivity index (χ0) is 23.2. The molecule has 0 radical (unpaired) electrons. The molecule has 3 aromatic carbocycles. The van der Waals surface area contributed by atoms with Crippen molar-refractivity contribution in [2.24, 2.45) is 5.92 Å². The van der Waals surface area contributed by atoms with Crippen molar-refractivity contribution in [3.05, 3.63) is 107 Å². The highest BCUT2D eigenvalue weighted by Crippen LogP contribution is 2.48. The third-order valence-corrected chi connectivity index (χ3v) is 6.72. The zero-order valence-electron chi connectivity index (χ0n) is 17.9. The van der Waals surface area contributed by atoms with E-state index in [4.69, 9.17) is 9.25 Å². The van der Waals surface area contributed by atoms with Crippen LogP contribution in [-0.4, -0.2) is 17.9 Å². The summed E-state index contributed by atoms with van der Waals surface area (Å²) >= 11 is 3.45. The number of rotatable bonds is 4. The Hall–Kier alpha value is -3.68. The van der Waals surface area contributed by atoms with E-state index in [2.05, 4.69) is 15.9 Å². The minimum Gasteiger partial charge on any atom is -0.459 e. The van der Waals surface area contributed by atoms with E-state index in [1.165, 1.54) is 4.90 Å². The number of hydroxylamine groups is 1. The van der Waals surface area contributed by atoms with Crippen LogP contribution in [0.2, 0.25) is 0 Å². The Balaban J connectivity index is 1.42. The van der Waals surface area contributed by atoms with Crippen molar-refractivity contribution < 1.29 is 18.8 Å². The van der Waals surface area contributed by atoms with Gasteiger partial charge in [-0.25, -0.2) is 9.96 Å². The Bertz CT molecular complexity index is 1350. The molecule has 1 aromatic heterocycles. The van der Waals surface area contributed by atoms with E-state index in [0.29, 0.717) is 17.2 Å². The van der Waals surface area contributed by atoms with E-state index in [1.807, 2.05) is 72.8 Å². The lowest BCUT2D eigenvalue weighted by molar-refractivity contribution is -0.126. The number of imide groups is 1. The van der Waals surface area contributed by atoms with Gasteiger partial charge >= 0.3 is 0 Å². The highest BCUT2D eigenvalue weighted by Gasteiger charge is 2.61. The summed E-state index contributed by atoms with van der Waals surface area (Å²) in [5.74, 6) is -0.173. The second kappa shape index (κ2) is 8.27. The molecule has 34 heavy (non-hydrogen) atoms. The first-order valence-electron chi connectivity index (χ1n) is 10.9. The number of hydrogen-bond acceptors (Lipinski definition) is 5. The largest absolute Gasteiger partial charge is 0.459 e. The number of furan rings is 1. The summed E-state index contributed by atoms with van der Waals surface area (Å²) in [6, 6.07) is 29.3. The standard InChI is InChI=1S/C27H19BrN2O4/c28-18-13-11-17(12-14-18)21-15-16-22(33-21)24-23-25(34-30(24)20-9-5-2-6-10-20)27(32)29(26(23)31)19-7-3-1-4-8-19/h1-16,23-25H/t23-,24-,25+/m0/s1. The molecule has 0 aliphatic carbocycles. The zero-order valence-corrected chi connectivity index (χ0v) is 19.5. The first-order valence-corrected chi connectivity index (χ1v) is 11.7. The van der Waals surface area contributed by atoms with Crippen LogP contribution in [0.25, 0.3) is 11.3 Å². The number of fused-ring (bicyclic) bond motifs is 1. The van der Waals surface area contributed by atoms with Gasteiger partial charge in [-0.1, -0.05) is 64.5 Å². The van der Waals surface area contributed by atoms with Crippen molar-refractivity contribution in [3.63, 3.8) is 0 Å². The van der Waals surface area contributed by atoms with Gasteiger partial charge in [-0.3, -0.25) is 14.4 Å². The summed E-state index contributed by atoms with van der Waals surface area (Å²) in [7, 11) is 0. The topological polar surface area (TPSA) is 63.0 Å². The molecule has 0 spiro atoms. The summed E-state index contributed by atoms with van der Waals surface area (Å²) < 4.78 is 7.23. The van der Waals surface area contributed by atoms with Crippen LogP contribution in [0.5, 0.6) is 0 Å². The van der Waals surface area contributed by atoms with Gasteiger partial charge in [0.15, 0.2) is 6.10 Å². The van der Waals surface area contributed by atoms with Crippen molar-refractivity contribution in [2.45, 2.75) is 12.1 Å². The van der Waals surface area contributed by atoms with Crippen LogP contribution in [0.15, 0.2) is 106 Å². The van der Waals surface area contributed by atoms with Gasteiger partial charge in [0.05, 0.1) is 11.4 Å². The van der Waals surface area contributed by atoms with E-state index in [9.17, 15) is 9.59 Å². The molecule has 3 atom stereocenters. The van der Waals surface area contributed by atoms with E-state index < -0.39 is 18.1 Å². The minimum atomic E-state index is -0.931. The first-order chi connectivity index (χ1) is 16.6. The van der Waals surface area contributed by atoms with Crippen LogP contribution < -0.4 is 9.96 Å². The number of halogens is 1. The number of nitrogens with zero attached hydrogens (tertiary/aromatic N) is 2. The van der Waals surface area contributed by atoms with Crippen LogP contribution in [0.3, 0.4) is 0 Å². The Morgan fingerprint density at radius 1 is 0.706 bits per heavy atom. The van der Waals surface area contributed by atoms with Crippen LogP contribution >= 0.6 is 15.9 Å².